The Labute approximate surface area is 114 Å². The molecule has 1 N–H and O–H groups in total. The summed E-state index contributed by atoms with van der Waals surface area (Å²) in [6.45, 7) is 12.1. The van der Waals surface area contributed by atoms with Crippen LogP contribution in [0, 0.1) is 11.8 Å². The van der Waals surface area contributed by atoms with Crippen molar-refractivity contribution in [3.63, 3.8) is 0 Å². The molecule has 0 aromatic heterocycles. The minimum absolute atomic E-state index is 0.148. The van der Waals surface area contributed by atoms with Crippen LogP contribution in [0.1, 0.15) is 66.7 Å². The Morgan fingerprint density at radius 1 is 1.22 bits per heavy atom. The first-order chi connectivity index (χ1) is 8.45. The Balaban J connectivity index is 2.65. The number of piperidine rings is 1. The molecule has 0 aliphatic carbocycles. The quantitative estimate of drug-likeness (QED) is 0.782. The van der Waals surface area contributed by atoms with Crippen LogP contribution in [-0.4, -0.2) is 34.7 Å². The fourth-order valence-electron chi connectivity index (χ4n) is 3.09. The Kier molecular flexibility index (Phi) is 6.65. The number of hydrogen-bond donors (Lipinski definition) is 1. The van der Waals surface area contributed by atoms with E-state index in [9.17, 15) is 5.11 Å². The van der Waals surface area contributed by atoms with Gasteiger partial charge in [-0.15, -0.1) is 0 Å². The molecule has 0 bridgehead atoms. The molecule has 0 aromatic carbocycles. The predicted octanol–water partition coefficient (Wildman–Crippen LogP) is 3.64. The van der Waals surface area contributed by atoms with Gasteiger partial charge in [-0.1, -0.05) is 41.0 Å². The van der Waals surface area contributed by atoms with Gasteiger partial charge in [-0.25, -0.2) is 0 Å². The highest BCUT2D eigenvalue weighted by Crippen LogP contribution is 2.29. The first-order valence-corrected chi connectivity index (χ1v) is 7.68. The third-order valence-corrected chi connectivity index (χ3v) is 4.27. The second-order valence-corrected chi connectivity index (χ2v) is 6.57. The molecule has 1 fully saturated rings. The van der Waals surface area contributed by atoms with E-state index in [0.717, 1.165) is 19.0 Å². The average Bonchev–Trinajstić information content (AvgIpc) is 2.30. The van der Waals surface area contributed by atoms with Crippen molar-refractivity contribution in [2.45, 2.75) is 84.9 Å². The lowest BCUT2D eigenvalue weighted by atomic mass is 9.88. The first kappa shape index (κ1) is 16.0. The number of aliphatic hydroxyl groups excluding tert-OH is 1. The van der Waals surface area contributed by atoms with Crippen molar-refractivity contribution in [2.75, 3.05) is 6.54 Å². The molecule has 3 atom stereocenters. The molecular weight excluding hydrogens is 222 g/mol. The number of likely N-dealkylation sites (tertiary alicyclic amines) is 1. The summed E-state index contributed by atoms with van der Waals surface area (Å²) in [6, 6.07) is 1.30. The summed E-state index contributed by atoms with van der Waals surface area (Å²) in [5.74, 6) is 1.86. The normalized spacial score (nSPS) is 28.0. The molecule has 1 aliphatic heterocycles. The zero-order valence-corrected chi connectivity index (χ0v) is 12.9. The summed E-state index contributed by atoms with van der Waals surface area (Å²) < 4.78 is 0. The lowest BCUT2D eigenvalue weighted by molar-refractivity contribution is 0.0287. The number of hydrogen-bond acceptors (Lipinski definition) is 2. The summed E-state index contributed by atoms with van der Waals surface area (Å²) in [5.41, 5.74) is 0. The van der Waals surface area contributed by atoms with Crippen LogP contribution in [0.25, 0.3) is 0 Å². The molecule has 2 heteroatoms. The van der Waals surface area contributed by atoms with Gasteiger partial charge in [0.1, 0.15) is 0 Å². The summed E-state index contributed by atoms with van der Waals surface area (Å²) in [4.78, 5) is 2.66. The maximum Gasteiger partial charge on any atom is 0.0578 e. The van der Waals surface area contributed by atoms with E-state index in [-0.39, 0.29) is 6.10 Å². The summed E-state index contributed by atoms with van der Waals surface area (Å²) in [7, 11) is 0. The largest absolute Gasteiger partial charge is 0.393 e. The zero-order valence-electron chi connectivity index (χ0n) is 12.9. The van der Waals surface area contributed by atoms with E-state index in [4.69, 9.17) is 0 Å². The molecule has 1 rings (SSSR count). The highest BCUT2D eigenvalue weighted by Gasteiger charge is 2.31. The van der Waals surface area contributed by atoms with E-state index in [0.29, 0.717) is 12.0 Å². The second kappa shape index (κ2) is 7.49. The van der Waals surface area contributed by atoms with Gasteiger partial charge in [0.2, 0.25) is 0 Å². The summed E-state index contributed by atoms with van der Waals surface area (Å²) in [6.07, 6.45) is 5.95. The van der Waals surface area contributed by atoms with Crippen molar-refractivity contribution in [1.29, 1.82) is 0 Å². The first-order valence-electron chi connectivity index (χ1n) is 7.68. The molecular formula is C16H32NO. The molecule has 0 aromatic rings. The van der Waals surface area contributed by atoms with E-state index >= 15 is 0 Å². The van der Waals surface area contributed by atoms with Gasteiger partial charge in [0.15, 0.2) is 0 Å². The molecule has 1 aliphatic rings. The Morgan fingerprint density at radius 3 is 2.33 bits per heavy atom. The van der Waals surface area contributed by atoms with Crippen LogP contribution >= 0.6 is 0 Å². The summed E-state index contributed by atoms with van der Waals surface area (Å²) in [5, 5.41) is 10.2. The van der Waals surface area contributed by atoms with Crippen LogP contribution < -0.4 is 0 Å². The van der Waals surface area contributed by atoms with Crippen LogP contribution in [0.2, 0.25) is 0 Å². The molecule has 0 saturated carbocycles. The minimum atomic E-state index is -0.148. The number of rotatable bonds is 6. The molecule has 1 saturated heterocycles. The highest BCUT2D eigenvalue weighted by atomic mass is 16.3. The minimum Gasteiger partial charge on any atom is -0.393 e. The van der Waals surface area contributed by atoms with Gasteiger partial charge in [-0.2, -0.15) is 0 Å². The van der Waals surface area contributed by atoms with E-state index in [1.807, 2.05) is 0 Å². The number of aliphatic hydroxyl groups is 1. The number of nitrogens with zero attached hydrogens (tertiary/aromatic N) is 1. The van der Waals surface area contributed by atoms with E-state index in [2.05, 4.69) is 39.5 Å². The third-order valence-electron chi connectivity index (χ3n) is 4.27. The molecule has 107 valence electrons. The Bertz CT molecular complexity index is 227. The van der Waals surface area contributed by atoms with Crippen molar-refractivity contribution in [2.24, 2.45) is 5.92 Å². The lowest BCUT2D eigenvalue weighted by Crippen LogP contribution is -2.49. The van der Waals surface area contributed by atoms with Crippen molar-refractivity contribution in [3.05, 3.63) is 5.92 Å². The molecule has 1 radical (unpaired) electrons. The van der Waals surface area contributed by atoms with Crippen molar-refractivity contribution < 1.29 is 5.11 Å². The molecule has 1 heterocycles. The monoisotopic (exact) mass is 254 g/mol. The van der Waals surface area contributed by atoms with Gasteiger partial charge in [-0.3, -0.25) is 4.90 Å². The fraction of sp³-hybridized carbons (Fsp3) is 0.938. The maximum absolute atomic E-state index is 10.2. The standard InChI is InChI=1S/C16H32NO/c1-6-14-8-7-9-15(10-16(18)13(4)5)17(14)11-12(2)3/h13-16,18H,6-11H2,1-5H3. The van der Waals surface area contributed by atoms with Crippen LogP contribution in [0.3, 0.4) is 0 Å². The van der Waals surface area contributed by atoms with Crippen LogP contribution in [0.4, 0.5) is 0 Å². The van der Waals surface area contributed by atoms with Crippen molar-refractivity contribution in [3.8, 4) is 0 Å². The fourth-order valence-corrected chi connectivity index (χ4v) is 3.09. The topological polar surface area (TPSA) is 23.5 Å². The predicted molar refractivity (Wildman–Crippen MR) is 78.5 cm³/mol. The van der Waals surface area contributed by atoms with Crippen LogP contribution in [0.15, 0.2) is 0 Å². The van der Waals surface area contributed by atoms with E-state index < -0.39 is 0 Å². The van der Waals surface area contributed by atoms with Gasteiger partial charge in [0.25, 0.3) is 0 Å². The smallest absolute Gasteiger partial charge is 0.0578 e. The third kappa shape index (κ3) is 4.55. The lowest BCUT2D eigenvalue weighted by Gasteiger charge is -2.44. The molecule has 2 nitrogen and oxygen atoms in total. The SMILES string of the molecule is CCC1CCCC(CC(O)C(C)C)N1C[C](C)C. The van der Waals surface area contributed by atoms with Crippen LogP contribution in [0.5, 0.6) is 0 Å². The van der Waals surface area contributed by atoms with Crippen molar-refractivity contribution in [1.82, 2.24) is 4.90 Å². The van der Waals surface area contributed by atoms with Crippen LogP contribution in [-0.2, 0) is 0 Å². The van der Waals surface area contributed by atoms with E-state index in [1.165, 1.54) is 31.6 Å². The molecule has 18 heavy (non-hydrogen) atoms. The van der Waals surface area contributed by atoms with E-state index in [1.54, 1.807) is 0 Å². The van der Waals surface area contributed by atoms with Crippen molar-refractivity contribution >= 4 is 0 Å². The molecule has 0 amide bonds. The van der Waals surface area contributed by atoms with Gasteiger partial charge in [-0.05, 0) is 37.5 Å². The Hall–Kier alpha value is -0.0800. The second-order valence-electron chi connectivity index (χ2n) is 6.57. The molecule has 3 unspecified atom stereocenters. The average molecular weight is 254 g/mol. The van der Waals surface area contributed by atoms with Gasteiger partial charge >= 0.3 is 0 Å². The zero-order chi connectivity index (χ0) is 13.7. The van der Waals surface area contributed by atoms with Gasteiger partial charge < -0.3 is 5.11 Å². The highest BCUT2D eigenvalue weighted by molar-refractivity contribution is 4.92. The van der Waals surface area contributed by atoms with Gasteiger partial charge in [0.05, 0.1) is 6.10 Å². The van der Waals surface area contributed by atoms with Gasteiger partial charge in [0, 0.05) is 18.6 Å². The Morgan fingerprint density at radius 2 is 1.83 bits per heavy atom. The summed E-state index contributed by atoms with van der Waals surface area (Å²) >= 11 is 0. The molecule has 0 spiro atoms. The maximum atomic E-state index is 10.2.